The molecule has 2 aromatic carbocycles. The summed E-state index contributed by atoms with van der Waals surface area (Å²) in [5.74, 6) is 0.741. The van der Waals surface area contributed by atoms with Crippen LogP contribution < -0.4 is 5.32 Å². The summed E-state index contributed by atoms with van der Waals surface area (Å²) in [5, 5.41) is 3.20. The molecule has 0 aromatic heterocycles. The smallest absolute Gasteiger partial charge is 0.273 e. The van der Waals surface area contributed by atoms with E-state index in [1.54, 1.807) is 12.1 Å². The molecule has 1 aliphatic rings. The molecule has 1 heterocycles. The summed E-state index contributed by atoms with van der Waals surface area (Å²) in [7, 11) is -3.49. The lowest BCUT2D eigenvalue weighted by molar-refractivity contribution is -0.354. The first kappa shape index (κ1) is 15.5. The second-order valence-electron chi connectivity index (χ2n) is 5.07. The molecule has 6 heteroatoms. The van der Waals surface area contributed by atoms with Crippen LogP contribution in [-0.4, -0.2) is 31.3 Å². The number of rotatable bonds is 4. The maximum Gasteiger partial charge on any atom is 0.330 e. The quantitative estimate of drug-likeness (QED) is 0.602. The van der Waals surface area contributed by atoms with Gasteiger partial charge in [-0.2, -0.15) is 8.42 Å². The SMILES string of the molecule is O=S(=O)(c1ccc(I)cc1)[N+]1=C(Cc2ccccc2)NCC1. The molecule has 0 saturated carbocycles. The number of hydrogen-bond donors (Lipinski definition) is 1. The second-order valence-corrected chi connectivity index (χ2v) is 8.17. The molecule has 0 bridgehead atoms. The van der Waals surface area contributed by atoms with Crippen molar-refractivity contribution in [1.29, 1.82) is 0 Å². The fourth-order valence-corrected chi connectivity index (χ4v) is 4.31. The first-order valence-corrected chi connectivity index (χ1v) is 9.51. The molecule has 0 saturated heterocycles. The molecule has 0 radical (unpaired) electrons. The molecule has 0 unspecified atom stereocenters. The predicted molar refractivity (Wildman–Crippen MR) is 94.6 cm³/mol. The van der Waals surface area contributed by atoms with Gasteiger partial charge < -0.3 is 0 Å². The van der Waals surface area contributed by atoms with Crippen LogP contribution in [0, 0.1) is 3.57 Å². The van der Waals surface area contributed by atoms with E-state index in [0.29, 0.717) is 24.4 Å². The summed E-state index contributed by atoms with van der Waals surface area (Å²) < 4.78 is 28.1. The minimum Gasteiger partial charge on any atom is -0.273 e. The number of nitrogens with zero attached hydrogens (tertiary/aromatic N) is 1. The van der Waals surface area contributed by atoms with Crippen molar-refractivity contribution in [2.45, 2.75) is 11.3 Å². The highest BCUT2D eigenvalue weighted by atomic mass is 127. The van der Waals surface area contributed by atoms with Crippen LogP contribution in [0.5, 0.6) is 0 Å². The van der Waals surface area contributed by atoms with Crippen molar-refractivity contribution in [2.75, 3.05) is 13.1 Å². The number of benzene rings is 2. The van der Waals surface area contributed by atoms with Crippen molar-refractivity contribution in [3.63, 3.8) is 0 Å². The van der Waals surface area contributed by atoms with Gasteiger partial charge in [-0.25, -0.2) is 0 Å². The molecule has 3 rings (SSSR count). The first-order chi connectivity index (χ1) is 10.6. The Bertz CT molecular complexity index is 800. The maximum atomic E-state index is 12.8. The lowest BCUT2D eigenvalue weighted by atomic mass is 10.1. The van der Waals surface area contributed by atoms with E-state index >= 15 is 0 Å². The van der Waals surface area contributed by atoms with Gasteiger partial charge in [0.15, 0.2) is 0 Å². The summed E-state index contributed by atoms with van der Waals surface area (Å²) in [6.45, 7) is 1.11. The lowest BCUT2D eigenvalue weighted by Gasteiger charge is -2.06. The Hall–Kier alpha value is -1.41. The van der Waals surface area contributed by atoms with E-state index in [1.807, 2.05) is 42.5 Å². The van der Waals surface area contributed by atoms with Crippen molar-refractivity contribution in [1.82, 2.24) is 5.32 Å². The van der Waals surface area contributed by atoms with Gasteiger partial charge in [-0.1, -0.05) is 30.3 Å². The van der Waals surface area contributed by atoms with E-state index in [1.165, 1.54) is 3.98 Å². The molecule has 1 aliphatic heterocycles. The van der Waals surface area contributed by atoms with Crippen LogP contribution >= 0.6 is 22.6 Å². The Morgan fingerprint density at radius 1 is 1.05 bits per heavy atom. The van der Waals surface area contributed by atoms with E-state index in [4.69, 9.17) is 0 Å². The normalized spacial score (nSPS) is 15.0. The second kappa shape index (κ2) is 6.37. The third-order valence-corrected chi connectivity index (χ3v) is 6.13. The van der Waals surface area contributed by atoms with Gasteiger partial charge in [0.1, 0.15) is 18.0 Å². The van der Waals surface area contributed by atoms with Crippen LogP contribution in [0.3, 0.4) is 0 Å². The van der Waals surface area contributed by atoms with Crippen molar-refractivity contribution in [2.24, 2.45) is 0 Å². The number of sulfonamides is 1. The van der Waals surface area contributed by atoms with E-state index in [0.717, 1.165) is 15.0 Å². The van der Waals surface area contributed by atoms with Crippen molar-refractivity contribution in [3.8, 4) is 0 Å². The molecule has 1 N–H and O–H groups in total. The largest absolute Gasteiger partial charge is 0.330 e. The van der Waals surface area contributed by atoms with Crippen LogP contribution in [0.1, 0.15) is 5.56 Å². The van der Waals surface area contributed by atoms with Crippen LogP contribution in [0.4, 0.5) is 0 Å². The average molecular weight is 427 g/mol. The van der Waals surface area contributed by atoms with Gasteiger partial charge in [0.05, 0.1) is 6.42 Å². The molecule has 0 fully saturated rings. The summed E-state index contributed by atoms with van der Waals surface area (Å²) in [6, 6.07) is 16.8. The zero-order valence-corrected chi connectivity index (χ0v) is 14.8. The van der Waals surface area contributed by atoms with Crippen LogP contribution in [0.2, 0.25) is 0 Å². The van der Waals surface area contributed by atoms with Gasteiger partial charge in [0, 0.05) is 3.57 Å². The Morgan fingerprint density at radius 2 is 1.73 bits per heavy atom. The molecule has 22 heavy (non-hydrogen) atoms. The van der Waals surface area contributed by atoms with Crippen LogP contribution in [-0.2, 0) is 16.4 Å². The predicted octanol–water partition coefficient (Wildman–Crippen LogP) is 2.24. The van der Waals surface area contributed by atoms with E-state index in [-0.39, 0.29) is 0 Å². The van der Waals surface area contributed by atoms with E-state index < -0.39 is 10.0 Å². The molecule has 0 atom stereocenters. The summed E-state index contributed by atoms with van der Waals surface area (Å²) in [6.07, 6.45) is 0.588. The molecule has 0 amide bonds. The lowest BCUT2D eigenvalue weighted by Crippen LogP contribution is -2.29. The number of amidine groups is 1. The Labute approximate surface area is 144 Å². The van der Waals surface area contributed by atoms with Crippen molar-refractivity contribution >= 4 is 38.4 Å². The topological polar surface area (TPSA) is 49.2 Å². The molecular formula is C16H16IN2O2S+. The van der Waals surface area contributed by atoms with Crippen LogP contribution in [0.25, 0.3) is 0 Å². The first-order valence-electron chi connectivity index (χ1n) is 6.99. The minimum absolute atomic E-state index is 0.335. The molecule has 114 valence electrons. The highest BCUT2D eigenvalue weighted by Gasteiger charge is 2.32. The Kier molecular flexibility index (Phi) is 4.49. The van der Waals surface area contributed by atoms with Gasteiger partial charge in [0.2, 0.25) is 0 Å². The molecule has 2 aromatic rings. The number of hydrogen-bond acceptors (Lipinski definition) is 3. The molecule has 0 aliphatic carbocycles. The third kappa shape index (κ3) is 3.17. The summed E-state index contributed by atoms with van der Waals surface area (Å²) in [5.41, 5.74) is 1.09. The van der Waals surface area contributed by atoms with Crippen molar-refractivity contribution < 1.29 is 12.4 Å². The van der Waals surface area contributed by atoms with Gasteiger partial charge in [-0.05, 0) is 52.4 Å². The average Bonchev–Trinajstić information content (AvgIpc) is 2.98. The molecular weight excluding hydrogens is 411 g/mol. The fraction of sp³-hybridized carbons (Fsp3) is 0.188. The van der Waals surface area contributed by atoms with Gasteiger partial charge in [-0.15, -0.1) is 3.98 Å². The Balaban J connectivity index is 1.97. The number of nitrogens with one attached hydrogen (secondary N) is 1. The Morgan fingerprint density at radius 3 is 2.41 bits per heavy atom. The summed E-state index contributed by atoms with van der Waals surface area (Å²) in [4.78, 5) is 0.335. The molecule has 0 spiro atoms. The zero-order chi connectivity index (χ0) is 15.6. The van der Waals surface area contributed by atoms with Gasteiger partial charge in [0.25, 0.3) is 5.84 Å². The fourth-order valence-electron chi connectivity index (χ4n) is 2.46. The van der Waals surface area contributed by atoms with E-state index in [2.05, 4.69) is 27.9 Å². The zero-order valence-electron chi connectivity index (χ0n) is 11.9. The monoisotopic (exact) mass is 427 g/mol. The highest BCUT2D eigenvalue weighted by molar-refractivity contribution is 14.1. The van der Waals surface area contributed by atoms with Crippen LogP contribution in [0.15, 0.2) is 59.5 Å². The van der Waals surface area contributed by atoms with Crippen molar-refractivity contribution in [3.05, 3.63) is 63.7 Å². The van der Waals surface area contributed by atoms with Gasteiger partial charge >= 0.3 is 10.0 Å². The highest BCUT2D eigenvalue weighted by Crippen LogP contribution is 2.16. The third-order valence-electron chi connectivity index (χ3n) is 3.56. The minimum atomic E-state index is -3.49. The number of halogens is 1. The standard InChI is InChI=1S/C16H15IN2O2S/c17-14-6-8-15(9-7-14)22(20,21)19-11-10-18-16(19)12-13-4-2-1-3-5-13/h1-9H,10-12H2/p+1. The maximum absolute atomic E-state index is 12.8. The van der Waals surface area contributed by atoms with Gasteiger partial charge in [-0.3, -0.25) is 5.32 Å². The van der Waals surface area contributed by atoms with E-state index in [9.17, 15) is 8.42 Å². The summed E-state index contributed by atoms with van der Waals surface area (Å²) >= 11 is 2.17. The molecule has 4 nitrogen and oxygen atoms in total.